The lowest BCUT2D eigenvalue weighted by atomic mass is 9.87. The Kier molecular flexibility index (Phi) is 5.20. The molecule has 2 N–H and O–H groups in total. The van der Waals surface area contributed by atoms with Gasteiger partial charge in [0.25, 0.3) is 0 Å². The van der Waals surface area contributed by atoms with Crippen LogP contribution in [-0.2, 0) is 4.79 Å². The first kappa shape index (κ1) is 15.5. The summed E-state index contributed by atoms with van der Waals surface area (Å²) in [6, 6.07) is -0.00407. The van der Waals surface area contributed by atoms with Crippen LogP contribution < -0.4 is 5.73 Å². The quantitative estimate of drug-likeness (QED) is 0.838. The summed E-state index contributed by atoms with van der Waals surface area (Å²) < 4.78 is 0. The monoisotopic (exact) mass is 254 g/mol. The lowest BCUT2D eigenvalue weighted by Crippen LogP contribution is -2.36. The van der Waals surface area contributed by atoms with Crippen LogP contribution >= 0.6 is 0 Å². The van der Waals surface area contributed by atoms with Crippen molar-refractivity contribution < 1.29 is 4.79 Å². The fourth-order valence-corrected chi connectivity index (χ4v) is 2.77. The fourth-order valence-electron chi connectivity index (χ4n) is 2.77. The molecular weight excluding hydrogens is 224 g/mol. The lowest BCUT2D eigenvalue weighted by molar-refractivity contribution is -0.130. The molecule has 0 bridgehead atoms. The molecular formula is C15H30N2O. The van der Waals surface area contributed by atoms with E-state index in [9.17, 15) is 4.79 Å². The van der Waals surface area contributed by atoms with Gasteiger partial charge in [-0.2, -0.15) is 0 Å². The molecule has 2 unspecified atom stereocenters. The molecule has 1 amide bonds. The molecule has 0 aliphatic carbocycles. The Labute approximate surface area is 112 Å². The Morgan fingerprint density at radius 3 is 2.44 bits per heavy atom. The highest BCUT2D eigenvalue weighted by Crippen LogP contribution is 2.25. The van der Waals surface area contributed by atoms with Gasteiger partial charge in [0, 0.05) is 25.6 Å². The summed E-state index contributed by atoms with van der Waals surface area (Å²) >= 11 is 0. The molecule has 18 heavy (non-hydrogen) atoms. The summed E-state index contributed by atoms with van der Waals surface area (Å²) in [4.78, 5) is 14.2. The zero-order chi connectivity index (χ0) is 13.9. The number of carbonyl (C=O) groups excluding carboxylic acids is 1. The molecule has 0 aromatic rings. The number of amides is 1. The highest BCUT2D eigenvalue weighted by Gasteiger charge is 2.29. The van der Waals surface area contributed by atoms with Crippen LogP contribution in [0.3, 0.4) is 0 Å². The molecule has 3 heteroatoms. The van der Waals surface area contributed by atoms with Gasteiger partial charge in [0.15, 0.2) is 0 Å². The van der Waals surface area contributed by atoms with Crippen molar-refractivity contribution in [1.82, 2.24) is 4.90 Å². The highest BCUT2D eigenvalue weighted by molar-refractivity contribution is 5.77. The molecule has 3 nitrogen and oxygen atoms in total. The third-order valence-corrected chi connectivity index (χ3v) is 3.83. The third kappa shape index (κ3) is 4.97. The van der Waals surface area contributed by atoms with Crippen molar-refractivity contribution >= 4 is 5.91 Å². The summed E-state index contributed by atoms with van der Waals surface area (Å²) in [5.41, 5.74) is 6.27. The summed E-state index contributed by atoms with van der Waals surface area (Å²) in [7, 11) is 0. The van der Waals surface area contributed by atoms with Crippen molar-refractivity contribution in [2.24, 2.45) is 23.0 Å². The minimum Gasteiger partial charge on any atom is -0.342 e. The molecule has 1 fully saturated rings. The molecule has 1 aliphatic rings. The van der Waals surface area contributed by atoms with E-state index >= 15 is 0 Å². The Hall–Kier alpha value is -0.570. The molecule has 1 heterocycles. The maximum Gasteiger partial charge on any atom is 0.224 e. The molecule has 0 aromatic carbocycles. The number of likely N-dealkylation sites (tertiary alicyclic amines) is 1. The van der Waals surface area contributed by atoms with E-state index in [2.05, 4.69) is 34.6 Å². The van der Waals surface area contributed by atoms with Crippen LogP contribution in [0.15, 0.2) is 0 Å². The van der Waals surface area contributed by atoms with Gasteiger partial charge in [-0.1, -0.05) is 34.6 Å². The standard InChI is InChI=1S/C15H30N2O/c1-11(2)12-6-7-17(10-12)14(18)8-13(16)9-15(3,4)5/h11-13H,6-10,16H2,1-5H3. The van der Waals surface area contributed by atoms with Gasteiger partial charge in [-0.15, -0.1) is 0 Å². The number of nitrogens with two attached hydrogens (primary N) is 1. The van der Waals surface area contributed by atoms with E-state index in [4.69, 9.17) is 5.73 Å². The van der Waals surface area contributed by atoms with Gasteiger partial charge in [-0.05, 0) is 30.1 Å². The predicted octanol–water partition coefficient (Wildman–Crippen LogP) is 2.64. The van der Waals surface area contributed by atoms with Crippen LogP contribution in [0.4, 0.5) is 0 Å². The molecule has 1 rings (SSSR count). The molecule has 1 aliphatic heterocycles. The van der Waals surface area contributed by atoms with Crippen molar-refractivity contribution in [2.75, 3.05) is 13.1 Å². The van der Waals surface area contributed by atoms with E-state index in [-0.39, 0.29) is 17.4 Å². The summed E-state index contributed by atoms with van der Waals surface area (Å²) in [5.74, 6) is 1.59. The number of carbonyl (C=O) groups is 1. The average molecular weight is 254 g/mol. The van der Waals surface area contributed by atoms with Gasteiger partial charge in [-0.25, -0.2) is 0 Å². The molecule has 106 valence electrons. The fraction of sp³-hybridized carbons (Fsp3) is 0.933. The Morgan fingerprint density at radius 1 is 1.39 bits per heavy atom. The van der Waals surface area contributed by atoms with Gasteiger partial charge in [0.05, 0.1) is 0 Å². The SMILES string of the molecule is CC(C)C1CCN(C(=O)CC(N)CC(C)(C)C)C1. The van der Waals surface area contributed by atoms with E-state index in [1.165, 1.54) is 0 Å². The summed E-state index contributed by atoms with van der Waals surface area (Å²) in [5, 5.41) is 0. The van der Waals surface area contributed by atoms with Crippen molar-refractivity contribution in [3.63, 3.8) is 0 Å². The molecule has 0 saturated carbocycles. The van der Waals surface area contributed by atoms with Gasteiger partial charge < -0.3 is 10.6 Å². The Morgan fingerprint density at radius 2 is 2.00 bits per heavy atom. The summed E-state index contributed by atoms with van der Waals surface area (Å²) in [6.07, 6.45) is 2.56. The normalized spacial score (nSPS) is 22.6. The first-order valence-corrected chi connectivity index (χ1v) is 7.22. The van der Waals surface area contributed by atoms with Crippen LogP contribution in [-0.4, -0.2) is 29.9 Å². The van der Waals surface area contributed by atoms with Crippen LogP contribution in [0.1, 0.15) is 53.9 Å². The van der Waals surface area contributed by atoms with Crippen molar-refractivity contribution in [3.05, 3.63) is 0 Å². The van der Waals surface area contributed by atoms with Crippen molar-refractivity contribution in [2.45, 2.75) is 59.9 Å². The molecule has 0 spiro atoms. The highest BCUT2D eigenvalue weighted by atomic mass is 16.2. The molecule has 0 aromatic heterocycles. The molecule has 2 atom stereocenters. The Balaban J connectivity index is 2.38. The van der Waals surface area contributed by atoms with Gasteiger partial charge in [0.2, 0.25) is 5.91 Å². The second-order valence-electron chi connectivity index (χ2n) is 7.36. The van der Waals surface area contributed by atoms with Crippen molar-refractivity contribution in [1.29, 1.82) is 0 Å². The minimum atomic E-state index is -0.00407. The average Bonchev–Trinajstić information content (AvgIpc) is 2.62. The topological polar surface area (TPSA) is 46.3 Å². The van der Waals surface area contributed by atoms with Crippen molar-refractivity contribution in [3.8, 4) is 0 Å². The zero-order valence-electron chi connectivity index (χ0n) is 12.7. The molecule has 0 radical (unpaired) electrons. The van der Waals surface area contributed by atoms with Crippen LogP contribution in [0.5, 0.6) is 0 Å². The maximum atomic E-state index is 12.2. The second-order valence-corrected chi connectivity index (χ2v) is 7.36. The first-order valence-electron chi connectivity index (χ1n) is 7.22. The Bertz CT molecular complexity index is 281. The number of hydrogen-bond donors (Lipinski definition) is 1. The van der Waals surface area contributed by atoms with Gasteiger partial charge in [0.1, 0.15) is 0 Å². The first-order chi connectivity index (χ1) is 8.19. The van der Waals surface area contributed by atoms with E-state index < -0.39 is 0 Å². The van der Waals surface area contributed by atoms with E-state index in [1.807, 2.05) is 4.90 Å². The van der Waals surface area contributed by atoms with E-state index in [1.54, 1.807) is 0 Å². The third-order valence-electron chi connectivity index (χ3n) is 3.83. The largest absolute Gasteiger partial charge is 0.342 e. The van der Waals surface area contributed by atoms with E-state index in [0.717, 1.165) is 25.9 Å². The number of rotatable bonds is 4. The zero-order valence-corrected chi connectivity index (χ0v) is 12.7. The number of nitrogens with zero attached hydrogens (tertiary/aromatic N) is 1. The number of hydrogen-bond acceptors (Lipinski definition) is 2. The minimum absolute atomic E-state index is 0.00407. The van der Waals surface area contributed by atoms with Crippen LogP contribution in [0, 0.1) is 17.3 Å². The summed E-state index contributed by atoms with van der Waals surface area (Å²) in [6.45, 7) is 12.8. The van der Waals surface area contributed by atoms with Gasteiger partial charge in [-0.3, -0.25) is 4.79 Å². The van der Waals surface area contributed by atoms with Crippen LogP contribution in [0.2, 0.25) is 0 Å². The second kappa shape index (κ2) is 6.05. The lowest BCUT2D eigenvalue weighted by Gasteiger charge is -2.25. The van der Waals surface area contributed by atoms with Gasteiger partial charge >= 0.3 is 0 Å². The van der Waals surface area contributed by atoms with Crippen LogP contribution in [0.25, 0.3) is 0 Å². The smallest absolute Gasteiger partial charge is 0.224 e. The molecule has 1 saturated heterocycles. The maximum absolute atomic E-state index is 12.2. The predicted molar refractivity (Wildman–Crippen MR) is 76.2 cm³/mol. The van der Waals surface area contributed by atoms with E-state index in [0.29, 0.717) is 18.3 Å².